The first-order chi connectivity index (χ1) is 6.07. The molecule has 1 rings (SSSR count). The second kappa shape index (κ2) is 3.91. The van der Waals surface area contributed by atoms with E-state index in [0.29, 0.717) is 0 Å². The lowest BCUT2D eigenvalue weighted by atomic mass is 10.1. The van der Waals surface area contributed by atoms with E-state index in [1.807, 2.05) is 0 Å². The Balaban J connectivity index is 3.25. The molecule has 0 aromatic heterocycles. The minimum atomic E-state index is -0.917. The number of halogens is 2. The number of nitrogens with two attached hydrogens (primary N) is 1. The topological polar surface area (TPSA) is 66.5 Å². The van der Waals surface area contributed by atoms with Gasteiger partial charge in [0.05, 0.1) is 12.6 Å². The van der Waals surface area contributed by atoms with Gasteiger partial charge in [0.15, 0.2) is 11.6 Å². The summed E-state index contributed by atoms with van der Waals surface area (Å²) in [7, 11) is 0. The van der Waals surface area contributed by atoms with Crippen LogP contribution in [-0.4, -0.2) is 16.8 Å². The summed E-state index contributed by atoms with van der Waals surface area (Å²) in [4.78, 5) is 0. The molecule has 13 heavy (non-hydrogen) atoms. The molecule has 0 heterocycles. The van der Waals surface area contributed by atoms with Crippen molar-refractivity contribution >= 4 is 11.6 Å². The summed E-state index contributed by atoms with van der Waals surface area (Å²) in [5, 5.41) is 17.8. The Morgan fingerprint density at radius 2 is 2.15 bits per heavy atom. The van der Waals surface area contributed by atoms with Crippen molar-refractivity contribution in [2.24, 2.45) is 5.73 Å². The molecular weight excluding hydrogens is 197 g/mol. The van der Waals surface area contributed by atoms with E-state index in [2.05, 4.69) is 0 Å². The highest BCUT2D eigenvalue weighted by Crippen LogP contribution is 2.29. The number of phenols is 1. The maximum atomic E-state index is 13.2. The van der Waals surface area contributed by atoms with E-state index in [0.717, 1.165) is 6.07 Å². The highest BCUT2D eigenvalue weighted by Gasteiger charge is 2.17. The van der Waals surface area contributed by atoms with Gasteiger partial charge in [0, 0.05) is 10.6 Å². The van der Waals surface area contributed by atoms with Gasteiger partial charge in [-0.15, -0.1) is 0 Å². The molecule has 0 aliphatic heterocycles. The van der Waals surface area contributed by atoms with E-state index in [9.17, 15) is 4.39 Å². The van der Waals surface area contributed by atoms with E-state index in [1.165, 1.54) is 6.07 Å². The second-order valence-electron chi connectivity index (χ2n) is 2.58. The first-order valence-electron chi connectivity index (χ1n) is 3.61. The molecule has 0 fully saturated rings. The Hall–Kier alpha value is -0.840. The number of aliphatic hydroxyl groups excluding tert-OH is 1. The summed E-state index contributed by atoms with van der Waals surface area (Å²) >= 11 is 5.63. The molecule has 0 spiro atoms. The monoisotopic (exact) mass is 205 g/mol. The summed E-state index contributed by atoms with van der Waals surface area (Å²) in [5.74, 6) is -1.41. The number of rotatable bonds is 2. The maximum absolute atomic E-state index is 13.2. The van der Waals surface area contributed by atoms with Crippen molar-refractivity contribution < 1.29 is 14.6 Å². The Kier molecular flexibility index (Phi) is 3.08. The predicted octanol–water partition coefficient (Wildman–Crippen LogP) is 1.18. The normalized spacial score (nSPS) is 12.9. The zero-order valence-corrected chi connectivity index (χ0v) is 7.42. The third-order valence-electron chi connectivity index (χ3n) is 1.67. The van der Waals surface area contributed by atoms with Crippen LogP contribution in [0.3, 0.4) is 0 Å². The van der Waals surface area contributed by atoms with Crippen LogP contribution in [0.15, 0.2) is 12.1 Å². The van der Waals surface area contributed by atoms with Gasteiger partial charge in [0.1, 0.15) is 0 Å². The molecule has 0 aliphatic carbocycles. The van der Waals surface area contributed by atoms with Gasteiger partial charge in [-0.05, 0) is 12.1 Å². The molecule has 0 saturated carbocycles. The van der Waals surface area contributed by atoms with Crippen molar-refractivity contribution in [3.05, 3.63) is 28.5 Å². The molecule has 72 valence electrons. The molecule has 0 aliphatic rings. The highest BCUT2D eigenvalue weighted by molar-refractivity contribution is 6.31. The molecule has 5 heteroatoms. The number of hydrogen-bond donors (Lipinski definition) is 3. The standard InChI is InChI=1S/C8H9ClFNO2/c9-4-1-2-6(13)8(10)7(4)5(11)3-12/h1-2,5,12-13H,3,11H2. The Labute approximate surface area is 79.6 Å². The van der Waals surface area contributed by atoms with E-state index in [4.69, 9.17) is 27.5 Å². The largest absolute Gasteiger partial charge is 0.505 e. The van der Waals surface area contributed by atoms with Crippen LogP contribution in [0.5, 0.6) is 5.75 Å². The summed E-state index contributed by atoms with van der Waals surface area (Å²) < 4.78 is 13.2. The van der Waals surface area contributed by atoms with Gasteiger partial charge in [-0.25, -0.2) is 4.39 Å². The quantitative estimate of drug-likeness (QED) is 0.679. The van der Waals surface area contributed by atoms with Crippen LogP contribution in [0.1, 0.15) is 11.6 Å². The van der Waals surface area contributed by atoms with Crippen LogP contribution >= 0.6 is 11.6 Å². The van der Waals surface area contributed by atoms with E-state index >= 15 is 0 Å². The number of phenolic OH excluding ortho intramolecular Hbond substituents is 1. The van der Waals surface area contributed by atoms with Crippen LogP contribution < -0.4 is 5.73 Å². The molecule has 0 amide bonds. The molecule has 4 N–H and O–H groups in total. The summed E-state index contributed by atoms with van der Waals surface area (Å²) in [6.07, 6.45) is 0. The SMILES string of the molecule is NC(CO)c1c(Cl)ccc(O)c1F. The van der Waals surface area contributed by atoms with E-state index < -0.39 is 24.2 Å². The fourth-order valence-electron chi connectivity index (χ4n) is 0.989. The van der Waals surface area contributed by atoms with Crippen molar-refractivity contribution in [1.82, 2.24) is 0 Å². The van der Waals surface area contributed by atoms with Crippen molar-refractivity contribution in [2.45, 2.75) is 6.04 Å². The van der Waals surface area contributed by atoms with Gasteiger partial charge in [-0.2, -0.15) is 0 Å². The molecule has 1 unspecified atom stereocenters. The number of aliphatic hydroxyl groups is 1. The van der Waals surface area contributed by atoms with Crippen LogP contribution in [0, 0.1) is 5.82 Å². The predicted molar refractivity (Wildman–Crippen MR) is 47.1 cm³/mol. The van der Waals surface area contributed by atoms with Crippen molar-refractivity contribution in [1.29, 1.82) is 0 Å². The zero-order chi connectivity index (χ0) is 10.0. The number of benzene rings is 1. The van der Waals surface area contributed by atoms with Gasteiger partial charge in [0.2, 0.25) is 0 Å². The third-order valence-corrected chi connectivity index (χ3v) is 2.00. The van der Waals surface area contributed by atoms with Gasteiger partial charge < -0.3 is 15.9 Å². The first-order valence-corrected chi connectivity index (χ1v) is 3.99. The van der Waals surface area contributed by atoms with Crippen LogP contribution in [0.2, 0.25) is 5.02 Å². The van der Waals surface area contributed by atoms with Crippen molar-refractivity contribution in [3.63, 3.8) is 0 Å². The Morgan fingerprint density at radius 1 is 1.54 bits per heavy atom. The van der Waals surface area contributed by atoms with Gasteiger partial charge in [0.25, 0.3) is 0 Å². The highest BCUT2D eigenvalue weighted by atomic mass is 35.5. The molecule has 0 radical (unpaired) electrons. The van der Waals surface area contributed by atoms with Crippen molar-refractivity contribution in [2.75, 3.05) is 6.61 Å². The average Bonchev–Trinajstić information content (AvgIpc) is 2.12. The smallest absolute Gasteiger partial charge is 0.171 e. The molecule has 1 atom stereocenters. The summed E-state index contributed by atoms with van der Waals surface area (Å²) in [5.41, 5.74) is 5.31. The lowest BCUT2D eigenvalue weighted by Gasteiger charge is -2.12. The fourth-order valence-corrected chi connectivity index (χ4v) is 1.28. The van der Waals surface area contributed by atoms with E-state index in [1.54, 1.807) is 0 Å². The lowest BCUT2D eigenvalue weighted by molar-refractivity contribution is 0.264. The van der Waals surface area contributed by atoms with E-state index in [-0.39, 0.29) is 10.6 Å². The van der Waals surface area contributed by atoms with Gasteiger partial charge in [-0.3, -0.25) is 0 Å². The summed E-state index contributed by atoms with van der Waals surface area (Å²) in [6.45, 7) is -0.430. The third kappa shape index (κ3) is 1.91. The van der Waals surface area contributed by atoms with Crippen LogP contribution in [0.4, 0.5) is 4.39 Å². The molecule has 1 aromatic rings. The average molecular weight is 206 g/mol. The number of aromatic hydroxyl groups is 1. The first kappa shape index (κ1) is 10.2. The fraction of sp³-hybridized carbons (Fsp3) is 0.250. The molecule has 1 aromatic carbocycles. The zero-order valence-electron chi connectivity index (χ0n) is 6.67. The lowest BCUT2D eigenvalue weighted by Crippen LogP contribution is -2.16. The second-order valence-corrected chi connectivity index (χ2v) is 2.99. The Morgan fingerprint density at radius 3 is 2.69 bits per heavy atom. The summed E-state index contributed by atoms with van der Waals surface area (Å²) in [6, 6.07) is 1.54. The van der Waals surface area contributed by atoms with Gasteiger partial charge >= 0.3 is 0 Å². The molecule has 0 bridgehead atoms. The molecule has 0 saturated heterocycles. The van der Waals surface area contributed by atoms with Crippen molar-refractivity contribution in [3.8, 4) is 5.75 Å². The minimum absolute atomic E-state index is 0.0656. The maximum Gasteiger partial charge on any atom is 0.171 e. The molecule has 3 nitrogen and oxygen atoms in total. The Bertz CT molecular complexity index is 319. The van der Waals surface area contributed by atoms with Gasteiger partial charge in [-0.1, -0.05) is 11.6 Å². The number of hydrogen-bond acceptors (Lipinski definition) is 3. The van der Waals surface area contributed by atoms with Crippen LogP contribution in [-0.2, 0) is 0 Å². The van der Waals surface area contributed by atoms with Crippen LogP contribution in [0.25, 0.3) is 0 Å². The molecular formula is C8H9ClFNO2. The minimum Gasteiger partial charge on any atom is -0.505 e.